The highest BCUT2D eigenvalue weighted by Gasteiger charge is 2.26. The molecule has 3 nitrogen and oxygen atoms in total. The number of nitrogens with two attached hydrogens (primary N) is 1. The van der Waals surface area contributed by atoms with Crippen LogP contribution in [-0.4, -0.2) is 4.98 Å². The molecule has 0 radical (unpaired) electrons. The van der Waals surface area contributed by atoms with Gasteiger partial charge in [-0.05, 0) is 48.4 Å². The van der Waals surface area contributed by atoms with Crippen molar-refractivity contribution in [3.8, 4) is 17.3 Å². The van der Waals surface area contributed by atoms with Crippen LogP contribution in [0.15, 0.2) is 24.3 Å². The highest BCUT2D eigenvalue weighted by atomic mass is 35.5. The highest BCUT2D eigenvalue weighted by molar-refractivity contribution is 6.30. The van der Waals surface area contributed by atoms with Crippen LogP contribution in [0.4, 0.5) is 5.82 Å². The molecule has 0 saturated carbocycles. The van der Waals surface area contributed by atoms with Gasteiger partial charge in [-0.1, -0.05) is 30.7 Å². The smallest absolute Gasteiger partial charge is 0.142 e. The van der Waals surface area contributed by atoms with Crippen molar-refractivity contribution in [3.05, 3.63) is 46.0 Å². The lowest BCUT2D eigenvalue weighted by molar-refractivity contribution is 0.588. The topological polar surface area (TPSA) is 62.7 Å². The van der Waals surface area contributed by atoms with Gasteiger partial charge in [0.15, 0.2) is 0 Å². The van der Waals surface area contributed by atoms with Gasteiger partial charge in [0.25, 0.3) is 0 Å². The Kier molecular flexibility index (Phi) is 3.57. The zero-order valence-electron chi connectivity index (χ0n) is 11.9. The van der Waals surface area contributed by atoms with Crippen LogP contribution in [0.25, 0.3) is 11.3 Å². The maximum absolute atomic E-state index is 9.37. The van der Waals surface area contributed by atoms with E-state index >= 15 is 0 Å². The van der Waals surface area contributed by atoms with Crippen molar-refractivity contribution in [2.45, 2.75) is 32.1 Å². The second kappa shape index (κ2) is 5.38. The summed E-state index contributed by atoms with van der Waals surface area (Å²) in [6.07, 6.45) is 3.10. The van der Waals surface area contributed by atoms with Crippen molar-refractivity contribution < 1.29 is 0 Å². The third kappa shape index (κ3) is 2.36. The van der Waals surface area contributed by atoms with E-state index in [0.717, 1.165) is 36.1 Å². The Balaban J connectivity index is 2.28. The van der Waals surface area contributed by atoms with Gasteiger partial charge in [-0.25, -0.2) is 4.98 Å². The van der Waals surface area contributed by atoms with Gasteiger partial charge in [-0.2, -0.15) is 5.26 Å². The average molecular weight is 298 g/mol. The van der Waals surface area contributed by atoms with Crippen molar-refractivity contribution in [2.75, 3.05) is 5.73 Å². The van der Waals surface area contributed by atoms with Gasteiger partial charge >= 0.3 is 0 Å². The number of hydrogen-bond donors (Lipinski definition) is 1. The monoisotopic (exact) mass is 297 g/mol. The predicted octanol–water partition coefficient (Wildman–Crippen LogP) is 4.30. The molecule has 1 aromatic carbocycles. The van der Waals surface area contributed by atoms with Crippen molar-refractivity contribution in [1.29, 1.82) is 5.26 Å². The zero-order valence-corrected chi connectivity index (χ0v) is 12.6. The molecule has 1 heterocycles. The van der Waals surface area contributed by atoms with E-state index in [0.29, 0.717) is 22.3 Å². The Bertz CT molecular complexity index is 729. The van der Waals surface area contributed by atoms with Crippen molar-refractivity contribution in [2.24, 2.45) is 0 Å². The summed E-state index contributed by atoms with van der Waals surface area (Å²) < 4.78 is 0. The van der Waals surface area contributed by atoms with Crippen molar-refractivity contribution in [3.63, 3.8) is 0 Å². The first-order valence-corrected chi connectivity index (χ1v) is 7.48. The summed E-state index contributed by atoms with van der Waals surface area (Å²) in [6, 6.07) is 9.84. The molecule has 2 N–H and O–H groups in total. The molecule has 1 aliphatic carbocycles. The zero-order chi connectivity index (χ0) is 15.0. The number of aromatic nitrogens is 1. The second-order valence-corrected chi connectivity index (χ2v) is 5.96. The number of nitrogen functional groups attached to an aromatic ring is 1. The predicted molar refractivity (Wildman–Crippen MR) is 85.2 cm³/mol. The number of nitrogens with zero attached hydrogens (tertiary/aromatic N) is 2. The molecule has 4 heteroatoms. The molecule has 21 heavy (non-hydrogen) atoms. The van der Waals surface area contributed by atoms with Crippen molar-refractivity contribution in [1.82, 2.24) is 4.98 Å². The van der Waals surface area contributed by atoms with E-state index in [4.69, 9.17) is 17.3 Å². The van der Waals surface area contributed by atoms with Crippen LogP contribution < -0.4 is 5.73 Å². The Hall–Kier alpha value is -2.05. The lowest BCUT2D eigenvalue weighted by atomic mass is 9.80. The van der Waals surface area contributed by atoms with Crippen LogP contribution in [0, 0.1) is 11.3 Å². The van der Waals surface area contributed by atoms with Crippen LogP contribution in [0.3, 0.4) is 0 Å². The fourth-order valence-electron chi connectivity index (χ4n) is 3.14. The molecule has 0 unspecified atom stereocenters. The SMILES string of the molecule is C[C@@H]1CCCc2c(C#N)c(N)nc(-c3ccc(Cl)cc3)c21. The third-order valence-electron chi connectivity index (χ3n) is 4.16. The minimum absolute atomic E-state index is 0.329. The van der Waals surface area contributed by atoms with Crippen LogP contribution in [-0.2, 0) is 6.42 Å². The van der Waals surface area contributed by atoms with Gasteiger partial charge in [0, 0.05) is 10.6 Å². The number of fused-ring (bicyclic) bond motifs is 1. The number of hydrogen-bond acceptors (Lipinski definition) is 3. The lowest BCUT2D eigenvalue weighted by Crippen LogP contribution is -2.14. The molecule has 2 aromatic rings. The molecule has 1 atom stereocenters. The molecule has 1 aromatic heterocycles. The molecule has 1 aliphatic rings. The summed E-state index contributed by atoms with van der Waals surface area (Å²) in [5, 5.41) is 10.1. The third-order valence-corrected chi connectivity index (χ3v) is 4.41. The first-order valence-electron chi connectivity index (χ1n) is 7.10. The Morgan fingerprint density at radius 2 is 2.05 bits per heavy atom. The lowest BCUT2D eigenvalue weighted by Gasteiger charge is -2.26. The number of nitriles is 1. The first kappa shape index (κ1) is 13.9. The first-order chi connectivity index (χ1) is 10.1. The number of halogens is 1. The van der Waals surface area contributed by atoms with Crippen LogP contribution in [0.5, 0.6) is 0 Å². The summed E-state index contributed by atoms with van der Waals surface area (Å²) in [5.74, 6) is 0.718. The molecule has 3 rings (SSSR count). The van der Waals surface area contributed by atoms with E-state index in [2.05, 4.69) is 18.0 Å². The highest BCUT2D eigenvalue weighted by Crippen LogP contribution is 2.40. The van der Waals surface area contributed by atoms with E-state index in [1.165, 1.54) is 5.56 Å². The second-order valence-electron chi connectivity index (χ2n) is 5.52. The fraction of sp³-hybridized carbons (Fsp3) is 0.294. The largest absolute Gasteiger partial charge is 0.383 e. The van der Waals surface area contributed by atoms with Crippen LogP contribution in [0.2, 0.25) is 5.02 Å². The standard InChI is InChI=1S/C17H16ClN3/c1-10-3-2-4-13-14(9-19)17(20)21-16(15(10)13)11-5-7-12(18)8-6-11/h5-8,10H,2-4H2,1H3,(H2,20,21)/t10-/m1/s1. The van der Waals surface area contributed by atoms with Gasteiger partial charge in [-0.3, -0.25) is 0 Å². The number of benzene rings is 1. The average Bonchev–Trinajstić information content (AvgIpc) is 2.47. The number of pyridine rings is 1. The van der Waals surface area contributed by atoms with Gasteiger partial charge in [0.05, 0.1) is 11.3 Å². The van der Waals surface area contributed by atoms with Gasteiger partial charge in [-0.15, -0.1) is 0 Å². The minimum Gasteiger partial charge on any atom is -0.383 e. The molecule has 0 spiro atoms. The Morgan fingerprint density at radius 3 is 2.71 bits per heavy atom. The minimum atomic E-state index is 0.329. The summed E-state index contributed by atoms with van der Waals surface area (Å²) in [7, 11) is 0. The fourth-order valence-corrected chi connectivity index (χ4v) is 3.27. The number of rotatable bonds is 1. The van der Waals surface area contributed by atoms with Gasteiger partial charge in [0.2, 0.25) is 0 Å². The van der Waals surface area contributed by atoms with E-state index in [9.17, 15) is 5.26 Å². The summed E-state index contributed by atoms with van der Waals surface area (Å²) in [5.41, 5.74) is 10.7. The van der Waals surface area contributed by atoms with Crippen LogP contribution >= 0.6 is 11.6 Å². The van der Waals surface area contributed by atoms with E-state index in [1.54, 1.807) is 0 Å². The maximum atomic E-state index is 9.37. The molecular formula is C17H16ClN3. The summed E-state index contributed by atoms with van der Waals surface area (Å²) in [4.78, 5) is 4.52. The molecule has 0 amide bonds. The molecule has 0 bridgehead atoms. The quantitative estimate of drug-likeness (QED) is 0.853. The molecule has 0 saturated heterocycles. The molecule has 0 fully saturated rings. The summed E-state index contributed by atoms with van der Waals surface area (Å²) >= 11 is 5.96. The van der Waals surface area contributed by atoms with Crippen molar-refractivity contribution >= 4 is 17.4 Å². The Morgan fingerprint density at radius 1 is 1.33 bits per heavy atom. The van der Waals surface area contributed by atoms with E-state index in [1.807, 2.05) is 24.3 Å². The molecular weight excluding hydrogens is 282 g/mol. The molecule has 106 valence electrons. The maximum Gasteiger partial charge on any atom is 0.142 e. The summed E-state index contributed by atoms with van der Waals surface area (Å²) in [6.45, 7) is 2.19. The van der Waals surface area contributed by atoms with Crippen LogP contribution in [0.1, 0.15) is 42.4 Å². The Labute approximate surface area is 129 Å². The van der Waals surface area contributed by atoms with Gasteiger partial charge in [0.1, 0.15) is 11.9 Å². The van der Waals surface area contributed by atoms with E-state index in [-0.39, 0.29) is 0 Å². The molecule has 0 aliphatic heterocycles. The number of anilines is 1. The van der Waals surface area contributed by atoms with Gasteiger partial charge < -0.3 is 5.73 Å². The van der Waals surface area contributed by atoms with E-state index < -0.39 is 0 Å². The normalized spacial score (nSPS) is 17.1.